The van der Waals surface area contributed by atoms with Crippen LogP contribution < -0.4 is 32.3 Å². The van der Waals surface area contributed by atoms with Crippen molar-refractivity contribution in [2.45, 2.75) is 19.8 Å². The van der Waals surface area contributed by atoms with E-state index in [0.717, 1.165) is 0 Å². The van der Waals surface area contributed by atoms with Crippen LogP contribution in [0.1, 0.15) is 19.8 Å². The van der Waals surface area contributed by atoms with Gasteiger partial charge in [-0.2, -0.15) is 0 Å². The molecule has 0 heterocycles. The fourth-order valence-corrected chi connectivity index (χ4v) is 11.1. The smallest absolute Gasteiger partial charge is 0.0687 e. The molecule has 42 heavy (non-hydrogen) atoms. The molecule has 2 heteroatoms. The number of unbranched alkanes of at least 4 members (excludes halogenated alkanes) is 1. The zero-order valence-electron chi connectivity index (χ0n) is 24.5. The van der Waals surface area contributed by atoms with Gasteiger partial charge in [0.05, 0.1) is 0 Å². The first-order chi connectivity index (χ1) is 20.8. The predicted molar refractivity (Wildman–Crippen MR) is 190 cm³/mol. The van der Waals surface area contributed by atoms with Crippen LogP contribution in [0, 0.1) is 0 Å². The van der Waals surface area contributed by atoms with Crippen molar-refractivity contribution in [1.82, 2.24) is 0 Å². The third-order valence-electron chi connectivity index (χ3n) is 8.10. The zero-order valence-corrected chi connectivity index (χ0v) is 25.5. The standard InChI is InChI=1S/C22H25P.C18H15B/c1-2-3-19-23(20-13-7-4-8-14-20,21-15-9-5-10-16-21)22-17-11-6-12-18-22;1-4-10-16(11-5-1)19(17-12-6-2-7-13-17)18-14-8-3-9-15-18/h4-18,23H,2-3,19H2,1H3;1-15H. The summed E-state index contributed by atoms with van der Waals surface area (Å²) in [6.07, 6.45) is 3.77. The third kappa shape index (κ3) is 6.99. The van der Waals surface area contributed by atoms with E-state index in [-0.39, 0.29) is 0 Å². The van der Waals surface area contributed by atoms with E-state index in [9.17, 15) is 0 Å². The van der Waals surface area contributed by atoms with Crippen molar-refractivity contribution in [1.29, 1.82) is 0 Å². The summed E-state index contributed by atoms with van der Waals surface area (Å²) in [6.45, 7) is 2.60. The summed E-state index contributed by atoms with van der Waals surface area (Å²) in [5.74, 6) is 0. The Hall–Kier alpha value is -4.19. The van der Waals surface area contributed by atoms with E-state index in [2.05, 4.69) is 189 Å². The molecule has 0 aliphatic rings. The molecule has 0 unspecified atom stereocenters. The van der Waals surface area contributed by atoms with Gasteiger partial charge in [0.1, 0.15) is 0 Å². The van der Waals surface area contributed by atoms with E-state index in [1.165, 1.54) is 51.3 Å². The first kappa shape index (κ1) is 29.3. The maximum absolute atomic E-state index is 2.34. The summed E-state index contributed by atoms with van der Waals surface area (Å²) < 4.78 is 0. The molecule has 0 spiro atoms. The third-order valence-corrected chi connectivity index (χ3v) is 13.2. The molecule has 0 saturated carbocycles. The van der Waals surface area contributed by atoms with Crippen molar-refractivity contribution in [3.8, 4) is 0 Å². The molecule has 0 radical (unpaired) electrons. The van der Waals surface area contributed by atoms with Crippen LogP contribution in [-0.2, 0) is 0 Å². The molecule has 0 aromatic heterocycles. The van der Waals surface area contributed by atoms with Crippen LogP contribution in [0.5, 0.6) is 0 Å². The van der Waals surface area contributed by atoms with Crippen LogP contribution >= 0.6 is 7.26 Å². The molecule has 0 aliphatic carbocycles. The molecule has 0 atom stereocenters. The van der Waals surface area contributed by atoms with E-state index < -0.39 is 7.26 Å². The van der Waals surface area contributed by atoms with Gasteiger partial charge in [-0.3, -0.25) is 0 Å². The maximum atomic E-state index is 2.34. The summed E-state index contributed by atoms with van der Waals surface area (Å²) >= 11 is 0. The van der Waals surface area contributed by atoms with Crippen LogP contribution in [-0.4, -0.2) is 12.9 Å². The van der Waals surface area contributed by atoms with Crippen LogP contribution in [0.3, 0.4) is 0 Å². The predicted octanol–water partition coefficient (Wildman–Crippen LogP) is 6.72. The number of hydrogen-bond donors (Lipinski definition) is 0. The molecule has 6 rings (SSSR count). The Balaban J connectivity index is 0.000000171. The van der Waals surface area contributed by atoms with Crippen LogP contribution in [0.4, 0.5) is 0 Å². The van der Waals surface area contributed by atoms with E-state index in [1.807, 2.05) is 0 Å². The summed E-state index contributed by atoms with van der Waals surface area (Å²) in [5, 5.41) is 4.56. The quantitative estimate of drug-likeness (QED) is 0.136. The van der Waals surface area contributed by atoms with Gasteiger partial charge in [0.2, 0.25) is 6.71 Å². The second kappa shape index (κ2) is 15.2. The minimum atomic E-state index is -1.94. The van der Waals surface area contributed by atoms with Crippen molar-refractivity contribution >= 4 is 46.3 Å². The first-order valence-corrected chi connectivity index (χ1v) is 17.3. The summed E-state index contributed by atoms with van der Waals surface area (Å²) in [6, 6.07) is 65.5. The van der Waals surface area contributed by atoms with Gasteiger partial charge in [-0.1, -0.05) is 107 Å². The van der Waals surface area contributed by atoms with Crippen LogP contribution in [0.25, 0.3) is 0 Å². The number of benzene rings is 6. The van der Waals surface area contributed by atoms with Crippen molar-refractivity contribution in [3.05, 3.63) is 182 Å². The van der Waals surface area contributed by atoms with Gasteiger partial charge in [-0.15, -0.1) is 0 Å². The Bertz CT molecular complexity index is 1380. The molecule has 0 saturated heterocycles. The van der Waals surface area contributed by atoms with Crippen molar-refractivity contribution in [2.75, 3.05) is 6.16 Å². The van der Waals surface area contributed by atoms with Crippen LogP contribution in [0.15, 0.2) is 182 Å². The molecule has 208 valence electrons. The summed E-state index contributed by atoms with van der Waals surface area (Å²) in [4.78, 5) is 0. The van der Waals surface area contributed by atoms with E-state index >= 15 is 0 Å². The molecular formula is C40H40BP. The number of rotatable bonds is 9. The number of hydrogen-bond acceptors (Lipinski definition) is 0. The van der Waals surface area contributed by atoms with E-state index in [1.54, 1.807) is 0 Å². The van der Waals surface area contributed by atoms with Gasteiger partial charge in [0.15, 0.2) is 0 Å². The molecule has 6 aromatic rings. The van der Waals surface area contributed by atoms with E-state index in [0.29, 0.717) is 6.71 Å². The minimum Gasteiger partial charge on any atom is -0.0687 e. The Morgan fingerprint density at radius 3 is 0.905 bits per heavy atom. The first-order valence-electron chi connectivity index (χ1n) is 15.1. The Morgan fingerprint density at radius 2 is 0.643 bits per heavy atom. The SMILES string of the molecule is CCCC[PH](c1ccccc1)(c1ccccc1)c1ccccc1.c1ccc(B(c2ccccc2)c2ccccc2)cc1. The fourth-order valence-electron chi connectivity index (χ4n) is 6.06. The average molecular weight is 563 g/mol. The second-order valence-corrected chi connectivity index (χ2v) is 14.8. The van der Waals surface area contributed by atoms with Gasteiger partial charge in [-0.25, -0.2) is 0 Å². The van der Waals surface area contributed by atoms with Gasteiger partial charge >= 0.3 is 140 Å². The minimum absolute atomic E-state index is 0.309. The molecule has 0 N–H and O–H groups in total. The Labute approximate surface area is 253 Å². The molecule has 0 fully saturated rings. The fraction of sp³-hybridized carbons (Fsp3) is 0.100. The van der Waals surface area contributed by atoms with Gasteiger partial charge < -0.3 is 0 Å². The molecule has 0 nitrogen and oxygen atoms in total. The maximum Gasteiger partial charge on any atom is 0.241 e. The average Bonchev–Trinajstić information content (AvgIpc) is 3.09. The Kier molecular flexibility index (Phi) is 10.6. The zero-order chi connectivity index (χ0) is 28.9. The monoisotopic (exact) mass is 562 g/mol. The Morgan fingerprint density at radius 1 is 0.381 bits per heavy atom. The summed E-state index contributed by atoms with van der Waals surface area (Å²) in [7, 11) is -1.94. The molecule has 0 bridgehead atoms. The van der Waals surface area contributed by atoms with Gasteiger partial charge in [0.25, 0.3) is 0 Å². The summed E-state index contributed by atoms with van der Waals surface area (Å²) in [5.41, 5.74) is 4.00. The van der Waals surface area contributed by atoms with Gasteiger partial charge in [-0.05, 0) is 0 Å². The van der Waals surface area contributed by atoms with Crippen molar-refractivity contribution in [3.63, 3.8) is 0 Å². The largest absolute Gasteiger partial charge is 0.241 e. The second-order valence-electron chi connectivity index (χ2n) is 10.8. The molecular weight excluding hydrogens is 522 g/mol. The van der Waals surface area contributed by atoms with Gasteiger partial charge in [0, 0.05) is 0 Å². The van der Waals surface area contributed by atoms with E-state index in [4.69, 9.17) is 0 Å². The topological polar surface area (TPSA) is 0 Å². The molecule has 6 aromatic carbocycles. The molecule has 0 aliphatic heterocycles. The normalized spacial score (nSPS) is 11.2. The van der Waals surface area contributed by atoms with Crippen molar-refractivity contribution in [2.24, 2.45) is 0 Å². The van der Waals surface area contributed by atoms with Crippen LogP contribution in [0.2, 0.25) is 0 Å². The molecule has 0 amide bonds. The van der Waals surface area contributed by atoms with Crippen molar-refractivity contribution < 1.29 is 0 Å².